The van der Waals surface area contributed by atoms with Crippen molar-refractivity contribution in [3.8, 4) is 6.07 Å². The van der Waals surface area contributed by atoms with Crippen molar-refractivity contribution in [2.45, 2.75) is 18.9 Å². The second-order valence-electron chi connectivity index (χ2n) is 4.08. The Morgan fingerprint density at radius 1 is 1.65 bits per heavy atom. The Morgan fingerprint density at radius 3 is 3.18 bits per heavy atom. The first-order valence-corrected chi connectivity index (χ1v) is 5.56. The number of nitrogens with zero attached hydrogens (tertiary/aromatic N) is 1. The van der Waals surface area contributed by atoms with Gasteiger partial charge in [-0.1, -0.05) is 12.1 Å². The molecule has 0 heterocycles. The average Bonchev–Trinajstić information content (AvgIpc) is 2.73. The first-order chi connectivity index (χ1) is 8.26. The lowest BCUT2D eigenvalue weighted by Gasteiger charge is -2.13. The van der Waals surface area contributed by atoms with Crippen molar-refractivity contribution in [1.82, 2.24) is 5.32 Å². The number of benzene rings is 1. The number of nitriles is 1. The number of amides is 1. The van der Waals surface area contributed by atoms with Crippen molar-refractivity contribution in [3.63, 3.8) is 0 Å². The van der Waals surface area contributed by atoms with Crippen molar-refractivity contribution in [2.75, 3.05) is 13.7 Å². The van der Waals surface area contributed by atoms with Crippen molar-refractivity contribution in [1.29, 1.82) is 5.26 Å². The molecule has 1 amide bonds. The SMILES string of the molecule is COCC(=O)N[C@@H]1CCc2c(C#N)cccc21. The van der Waals surface area contributed by atoms with Gasteiger partial charge in [0.15, 0.2) is 0 Å². The molecule has 0 spiro atoms. The predicted octanol–water partition coefficient (Wildman–Crippen LogP) is 1.31. The number of methoxy groups -OCH3 is 1. The van der Waals surface area contributed by atoms with Gasteiger partial charge in [-0.3, -0.25) is 4.79 Å². The van der Waals surface area contributed by atoms with Gasteiger partial charge in [0.2, 0.25) is 5.91 Å². The Labute approximate surface area is 100 Å². The van der Waals surface area contributed by atoms with Gasteiger partial charge in [0.25, 0.3) is 0 Å². The summed E-state index contributed by atoms with van der Waals surface area (Å²) in [5.41, 5.74) is 2.84. The van der Waals surface area contributed by atoms with Gasteiger partial charge in [-0.2, -0.15) is 5.26 Å². The van der Waals surface area contributed by atoms with E-state index in [0.717, 1.165) is 24.0 Å². The highest BCUT2D eigenvalue weighted by Crippen LogP contribution is 2.32. The smallest absolute Gasteiger partial charge is 0.246 e. The second kappa shape index (κ2) is 4.98. The normalized spacial score (nSPS) is 17.3. The third kappa shape index (κ3) is 2.29. The summed E-state index contributed by atoms with van der Waals surface area (Å²) in [5.74, 6) is -0.118. The van der Waals surface area contributed by atoms with Gasteiger partial charge in [0.05, 0.1) is 17.7 Å². The van der Waals surface area contributed by atoms with E-state index in [1.54, 1.807) is 0 Å². The first kappa shape index (κ1) is 11.6. The van der Waals surface area contributed by atoms with E-state index in [4.69, 9.17) is 10.00 Å². The molecule has 0 saturated heterocycles. The van der Waals surface area contributed by atoms with Crippen molar-refractivity contribution >= 4 is 5.91 Å². The van der Waals surface area contributed by atoms with E-state index >= 15 is 0 Å². The number of hydrogen-bond acceptors (Lipinski definition) is 3. The van der Waals surface area contributed by atoms with Gasteiger partial charge in [-0.25, -0.2) is 0 Å². The Kier molecular flexibility index (Phi) is 3.40. The molecule has 1 atom stereocenters. The monoisotopic (exact) mass is 230 g/mol. The minimum absolute atomic E-state index is 0.0148. The highest BCUT2D eigenvalue weighted by atomic mass is 16.5. The van der Waals surface area contributed by atoms with Gasteiger partial charge in [-0.05, 0) is 30.0 Å². The van der Waals surface area contributed by atoms with E-state index in [1.807, 2.05) is 18.2 Å². The lowest BCUT2D eigenvalue weighted by molar-refractivity contribution is -0.125. The first-order valence-electron chi connectivity index (χ1n) is 5.56. The summed E-state index contributed by atoms with van der Waals surface area (Å²) < 4.78 is 4.78. The fraction of sp³-hybridized carbons (Fsp3) is 0.385. The fourth-order valence-electron chi connectivity index (χ4n) is 2.28. The molecule has 1 aromatic carbocycles. The minimum Gasteiger partial charge on any atom is -0.375 e. The molecule has 0 aliphatic heterocycles. The zero-order valence-electron chi connectivity index (χ0n) is 9.69. The number of nitrogens with one attached hydrogen (secondary N) is 1. The molecule has 1 aliphatic carbocycles. The van der Waals surface area contributed by atoms with Crippen LogP contribution < -0.4 is 5.32 Å². The molecular formula is C13H14N2O2. The lowest BCUT2D eigenvalue weighted by Crippen LogP contribution is -2.30. The van der Waals surface area contributed by atoms with Crippen LogP contribution in [0, 0.1) is 11.3 Å². The predicted molar refractivity (Wildman–Crippen MR) is 62.2 cm³/mol. The molecular weight excluding hydrogens is 216 g/mol. The molecule has 2 rings (SSSR count). The quantitative estimate of drug-likeness (QED) is 0.851. The summed E-state index contributed by atoms with van der Waals surface area (Å²) >= 11 is 0. The zero-order chi connectivity index (χ0) is 12.3. The number of carbonyl (C=O) groups excluding carboxylic acids is 1. The van der Waals surface area contributed by atoms with E-state index in [-0.39, 0.29) is 18.6 Å². The van der Waals surface area contributed by atoms with Gasteiger partial charge in [0, 0.05) is 7.11 Å². The van der Waals surface area contributed by atoms with Crippen LogP contribution in [0.15, 0.2) is 18.2 Å². The summed E-state index contributed by atoms with van der Waals surface area (Å²) in [4.78, 5) is 11.5. The molecule has 1 N–H and O–H groups in total. The topological polar surface area (TPSA) is 62.1 Å². The molecule has 0 fully saturated rings. The molecule has 0 bridgehead atoms. The molecule has 0 unspecified atom stereocenters. The Morgan fingerprint density at radius 2 is 2.47 bits per heavy atom. The maximum atomic E-state index is 11.5. The third-order valence-corrected chi connectivity index (χ3v) is 3.00. The molecule has 4 nitrogen and oxygen atoms in total. The fourth-order valence-corrected chi connectivity index (χ4v) is 2.28. The van der Waals surface area contributed by atoms with Crippen molar-refractivity contribution in [3.05, 3.63) is 34.9 Å². The Bertz CT molecular complexity index is 477. The van der Waals surface area contributed by atoms with Crippen LogP contribution in [0.4, 0.5) is 0 Å². The summed E-state index contributed by atoms with van der Waals surface area (Å²) in [5, 5.41) is 11.9. The number of fused-ring (bicyclic) bond motifs is 1. The van der Waals surface area contributed by atoms with E-state index in [1.165, 1.54) is 7.11 Å². The highest BCUT2D eigenvalue weighted by Gasteiger charge is 2.25. The summed E-state index contributed by atoms with van der Waals surface area (Å²) in [7, 11) is 1.50. The van der Waals surface area contributed by atoms with Crippen LogP contribution in [0.2, 0.25) is 0 Å². The number of hydrogen-bond donors (Lipinski definition) is 1. The molecule has 1 aromatic rings. The van der Waals surface area contributed by atoms with Crippen LogP contribution in [-0.2, 0) is 16.0 Å². The van der Waals surface area contributed by atoms with Gasteiger partial charge < -0.3 is 10.1 Å². The average molecular weight is 230 g/mol. The number of carbonyl (C=O) groups is 1. The molecule has 0 radical (unpaired) electrons. The van der Waals surface area contributed by atoms with Crippen LogP contribution in [0.3, 0.4) is 0 Å². The van der Waals surface area contributed by atoms with Crippen molar-refractivity contribution in [2.24, 2.45) is 0 Å². The number of rotatable bonds is 3. The van der Waals surface area contributed by atoms with Crippen LogP contribution in [0.25, 0.3) is 0 Å². The standard InChI is InChI=1S/C13H14N2O2/c1-17-8-13(16)15-12-6-5-10-9(7-14)3-2-4-11(10)12/h2-4,12H,5-6,8H2,1H3,(H,15,16)/t12-/m1/s1. The third-order valence-electron chi connectivity index (χ3n) is 3.00. The molecule has 17 heavy (non-hydrogen) atoms. The van der Waals surface area contributed by atoms with E-state index in [0.29, 0.717) is 5.56 Å². The van der Waals surface area contributed by atoms with E-state index in [2.05, 4.69) is 11.4 Å². The van der Waals surface area contributed by atoms with Crippen LogP contribution in [-0.4, -0.2) is 19.6 Å². The Hall–Kier alpha value is -1.86. The number of ether oxygens (including phenoxy) is 1. The lowest BCUT2D eigenvalue weighted by atomic mass is 10.0. The largest absolute Gasteiger partial charge is 0.375 e. The van der Waals surface area contributed by atoms with Crippen LogP contribution >= 0.6 is 0 Å². The van der Waals surface area contributed by atoms with E-state index in [9.17, 15) is 4.79 Å². The van der Waals surface area contributed by atoms with Gasteiger partial charge in [0.1, 0.15) is 6.61 Å². The zero-order valence-corrected chi connectivity index (χ0v) is 9.69. The highest BCUT2D eigenvalue weighted by molar-refractivity contribution is 5.78. The summed E-state index contributed by atoms with van der Waals surface area (Å²) in [6, 6.07) is 7.85. The maximum absolute atomic E-state index is 11.5. The molecule has 88 valence electrons. The maximum Gasteiger partial charge on any atom is 0.246 e. The molecule has 0 saturated carbocycles. The molecule has 0 aromatic heterocycles. The van der Waals surface area contributed by atoms with Gasteiger partial charge >= 0.3 is 0 Å². The second-order valence-corrected chi connectivity index (χ2v) is 4.08. The molecule has 1 aliphatic rings. The van der Waals surface area contributed by atoms with Crippen LogP contribution in [0.1, 0.15) is 29.2 Å². The Balaban J connectivity index is 2.18. The van der Waals surface area contributed by atoms with Crippen molar-refractivity contribution < 1.29 is 9.53 Å². The summed E-state index contributed by atoms with van der Waals surface area (Å²) in [6.07, 6.45) is 1.69. The van der Waals surface area contributed by atoms with E-state index < -0.39 is 0 Å². The summed E-state index contributed by atoms with van der Waals surface area (Å²) in [6.45, 7) is 0.0732. The van der Waals surface area contributed by atoms with Gasteiger partial charge in [-0.15, -0.1) is 0 Å². The van der Waals surface area contributed by atoms with Crippen LogP contribution in [0.5, 0.6) is 0 Å². The minimum atomic E-state index is -0.118. The molecule has 4 heteroatoms.